The van der Waals surface area contributed by atoms with Crippen molar-refractivity contribution in [3.8, 4) is 0 Å². The number of hydrogen-bond donors (Lipinski definition) is 1. The lowest BCUT2D eigenvalue weighted by molar-refractivity contribution is -0.0162. The minimum Gasteiger partial charge on any atom is -0.379 e. The van der Waals surface area contributed by atoms with Crippen LogP contribution in [0.1, 0.15) is 48.0 Å². The van der Waals surface area contributed by atoms with Crippen LogP contribution in [0.2, 0.25) is 0 Å². The lowest BCUT2D eigenvalue weighted by atomic mass is 9.85. The second-order valence-corrected chi connectivity index (χ2v) is 6.76. The summed E-state index contributed by atoms with van der Waals surface area (Å²) in [5.41, 5.74) is 6.07. The molecule has 104 valence electrons. The van der Waals surface area contributed by atoms with Gasteiger partial charge in [-0.2, -0.15) is 0 Å². The molecule has 0 aromatic rings. The molecule has 3 nitrogen and oxygen atoms in total. The van der Waals surface area contributed by atoms with E-state index in [2.05, 4.69) is 53.5 Å². The SMILES string of the molecule is COC(C)(C)CC(CN)N(C)C(C)C(C)(C)C. The minimum absolute atomic E-state index is 0.115. The van der Waals surface area contributed by atoms with E-state index in [1.165, 1.54) is 0 Å². The number of rotatable bonds is 6. The maximum absolute atomic E-state index is 5.92. The molecule has 0 spiro atoms. The first kappa shape index (κ1) is 16.9. The molecule has 17 heavy (non-hydrogen) atoms. The molecule has 0 saturated carbocycles. The van der Waals surface area contributed by atoms with Gasteiger partial charge in [0, 0.05) is 25.7 Å². The Labute approximate surface area is 108 Å². The highest BCUT2D eigenvalue weighted by Gasteiger charge is 2.31. The molecule has 0 amide bonds. The van der Waals surface area contributed by atoms with Gasteiger partial charge in [0.2, 0.25) is 0 Å². The lowest BCUT2D eigenvalue weighted by Crippen LogP contribution is -2.50. The number of nitrogens with zero attached hydrogens (tertiary/aromatic N) is 1. The third-order valence-electron chi connectivity index (χ3n) is 3.99. The van der Waals surface area contributed by atoms with Crippen LogP contribution in [0.5, 0.6) is 0 Å². The summed E-state index contributed by atoms with van der Waals surface area (Å²) < 4.78 is 5.50. The number of likely N-dealkylation sites (N-methyl/N-ethyl adjacent to an activating group) is 1. The molecule has 0 aromatic carbocycles. The van der Waals surface area contributed by atoms with Crippen LogP contribution < -0.4 is 5.73 Å². The van der Waals surface area contributed by atoms with Crippen molar-refractivity contribution in [1.29, 1.82) is 0 Å². The average molecular weight is 244 g/mol. The van der Waals surface area contributed by atoms with E-state index in [4.69, 9.17) is 10.5 Å². The molecule has 2 N–H and O–H groups in total. The van der Waals surface area contributed by atoms with E-state index in [1.54, 1.807) is 7.11 Å². The zero-order valence-corrected chi connectivity index (χ0v) is 13.0. The third-order valence-corrected chi connectivity index (χ3v) is 3.99. The first-order valence-corrected chi connectivity index (χ1v) is 6.52. The summed E-state index contributed by atoms with van der Waals surface area (Å²) in [5.74, 6) is 0. The Morgan fingerprint density at radius 3 is 1.94 bits per heavy atom. The van der Waals surface area contributed by atoms with Gasteiger partial charge in [-0.1, -0.05) is 20.8 Å². The van der Waals surface area contributed by atoms with E-state index >= 15 is 0 Å². The monoisotopic (exact) mass is 244 g/mol. The molecular formula is C14H32N2O. The molecule has 0 aromatic heterocycles. The fraction of sp³-hybridized carbons (Fsp3) is 1.00. The molecule has 2 atom stereocenters. The molecule has 0 aliphatic rings. The predicted octanol–water partition coefficient (Wildman–Crippen LogP) is 2.50. The maximum atomic E-state index is 5.92. The second-order valence-electron chi connectivity index (χ2n) is 6.76. The number of hydrogen-bond acceptors (Lipinski definition) is 3. The number of nitrogens with two attached hydrogens (primary N) is 1. The van der Waals surface area contributed by atoms with Crippen molar-refractivity contribution in [3.63, 3.8) is 0 Å². The Bertz CT molecular complexity index is 221. The fourth-order valence-electron chi connectivity index (χ4n) is 1.97. The Balaban J connectivity index is 4.67. The molecule has 0 aliphatic carbocycles. The van der Waals surface area contributed by atoms with E-state index in [9.17, 15) is 0 Å². The zero-order valence-electron chi connectivity index (χ0n) is 13.0. The van der Waals surface area contributed by atoms with Crippen LogP contribution >= 0.6 is 0 Å². The van der Waals surface area contributed by atoms with Gasteiger partial charge in [-0.05, 0) is 39.7 Å². The summed E-state index contributed by atoms with van der Waals surface area (Å²) in [5, 5.41) is 0. The van der Waals surface area contributed by atoms with Crippen molar-refractivity contribution in [2.24, 2.45) is 11.1 Å². The van der Waals surface area contributed by atoms with E-state index in [1.807, 2.05) is 0 Å². The second kappa shape index (κ2) is 6.17. The van der Waals surface area contributed by atoms with Crippen molar-refractivity contribution >= 4 is 0 Å². The van der Waals surface area contributed by atoms with Crippen LogP contribution in [0.25, 0.3) is 0 Å². The Morgan fingerprint density at radius 1 is 1.18 bits per heavy atom. The van der Waals surface area contributed by atoms with Gasteiger partial charge in [0.1, 0.15) is 0 Å². The van der Waals surface area contributed by atoms with E-state index in [0.717, 1.165) is 6.42 Å². The average Bonchev–Trinajstić information content (AvgIpc) is 2.22. The van der Waals surface area contributed by atoms with Crippen LogP contribution in [-0.4, -0.2) is 43.3 Å². The third kappa shape index (κ3) is 5.36. The van der Waals surface area contributed by atoms with Gasteiger partial charge < -0.3 is 10.5 Å². The van der Waals surface area contributed by atoms with Crippen molar-refractivity contribution in [3.05, 3.63) is 0 Å². The molecule has 0 aliphatic heterocycles. The molecule has 0 saturated heterocycles. The Morgan fingerprint density at radius 2 is 1.65 bits per heavy atom. The van der Waals surface area contributed by atoms with E-state index < -0.39 is 0 Å². The highest BCUT2D eigenvalue weighted by atomic mass is 16.5. The van der Waals surface area contributed by atoms with Crippen molar-refractivity contribution in [2.45, 2.75) is 65.6 Å². The molecule has 0 bridgehead atoms. The summed E-state index contributed by atoms with van der Waals surface area (Å²) in [6.45, 7) is 14.0. The molecule has 0 rings (SSSR count). The summed E-state index contributed by atoms with van der Waals surface area (Å²) in [6, 6.07) is 0.850. The van der Waals surface area contributed by atoms with Gasteiger partial charge >= 0.3 is 0 Å². The van der Waals surface area contributed by atoms with Crippen LogP contribution in [0.3, 0.4) is 0 Å². The smallest absolute Gasteiger partial charge is 0.0638 e. The molecular weight excluding hydrogens is 212 g/mol. The van der Waals surface area contributed by atoms with Crippen LogP contribution in [0.15, 0.2) is 0 Å². The Kier molecular flexibility index (Phi) is 6.12. The molecule has 0 heterocycles. The van der Waals surface area contributed by atoms with Gasteiger partial charge in [0.25, 0.3) is 0 Å². The standard InChI is InChI=1S/C14H32N2O/c1-11(13(2,3)4)16(7)12(10-15)9-14(5,6)17-8/h11-12H,9-10,15H2,1-8H3. The van der Waals surface area contributed by atoms with Crippen LogP contribution in [0, 0.1) is 5.41 Å². The first-order chi connectivity index (χ1) is 7.55. The van der Waals surface area contributed by atoms with Gasteiger partial charge in [0.05, 0.1) is 5.60 Å². The molecule has 0 fully saturated rings. The van der Waals surface area contributed by atoms with E-state index in [0.29, 0.717) is 18.6 Å². The van der Waals surface area contributed by atoms with Gasteiger partial charge in [-0.3, -0.25) is 4.90 Å². The Hall–Kier alpha value is -0.120. The van der Waals surface area contributed by atoms with Gasteiger partial charge in [-0.25, -0.2) is 0 Å². The highest BCUT2D eigenvalue weighted by molar-refractivity contribution is 4.86. The van der Waals surface area contributed by atoms with E-state index in [-0.39, 0.29) is 11.0 Å². The summed E-state index contributed by atoms with van der Waals surface area (Å²) >= 11 is 0. The summed E-state index contributed by atoms with van der Waals surface area (Å²) in [6.07, 6.45) is 0.955. The highest BCUT2D eigenvalue weighted by Crippen LogP contribution is 2.27. The number of methoxy groups -OCH3 is 1. The maximum Gasteiger partial charge on any atom is 0.0638 e. The molecule has 0 radical (unpaired) electrons. The first-order valence-electron chi connectivity index (χ1n) is 6.52. The molecule has 3 heteroatoms. The minimum atomic E-state index is -0.115. The van der Waals surface area contributed by atoms with Crippen molar-refractivity contribution in [2.75, 3.05) is 20.7 Å². The van der Waals surface area contributed by atoms with Gasteiger partial charge in [0.15, 0.2) is 0 Å². The zero-order chi connectivity index (χ0) is 13.9. The predicted molar refractivity (Wildman–Crippen MR) is 75.2 cm³/mol. The lowest BCUT2D eigenvalue weighted by Gasteiger charge is -2.42. The fourth-order valence-corrected chi connectivity index (χ4v) is 1.97. The summed E-state index contributed by atoms with van der Waals surface area (Å²) in [7, 11) is 3.93. The number of ether oxygens (including phenoxy) is 1. The molecule has 2 unspecified atom stereocenters. The van der Waals surface area contributed by atoms with Crippen LogP contribution in [0.4, 0.5) is 0 Å². The largest absolute Gasteiger partial charge is 0.379 e. The topological polar surface area (TPSA) is 38.5 Å². The summed E-state index contributed by atoms with van der Waals surface area (Å²) in [4.78, 5) is 2.39. The van der Waals surface area contributed by atoms with Crippen molar-refractivity contribution in [1.82, 2.24) is 4.90 Å². The van der Waals surface area contributed by atoms with Crippen LogP contribution in [-0.2, 0) is 4.74 Å². The van der Waals surface area contributed by atoms with Crippen molar-refractivity contribution < 1.29 is 4.74 Å². The quantitative estimate of drug-likeness (QED) is 0.780. The van der Waals surface area contributed by atoms with Gasteiger partial charge in [-0.15, -0.1) is 0 Å². The normalized spacial score (nSPS) is 17.3.